The number of furan rings is 1. The van der Waals surface area contributed by atoms with Gasteiger partial charge in [0.1, 0.15) is 6.10 Å². The Hall–Kier alpha value is -1.33. The molecule has 0 bridgehead atoms. The zero-order chi connectivity index (χ0) is 14.9. The minimum absolute atomic E-state index is 0.0716. The van der Waals surface area contributed by atoms with Gasteiger partial charge in [0.25, 0.3) is 5.91 Å². The van der Waals surface area contributed by atoms with Crippen LogP contribution in [0.15, 0.2) is 16.7 Å². The molecule has 0 aromatic carbocycles. The van der Waals surface area contributed by atoms with Crippen LogP contribution in [0.2, 0.25) is 0 Å². The van der Waals surface area contributed by atoms with E-state index in [0.29, 0.717) is 18.9 Å². The number of carbonyl (C=O) groups excluding carboxylic acids is 1. The van der Waals surface area contributed by atoms with Crippen molar-refractivity contribution in [1.82, 2.24) is 5.32 Å². The van der Waals surface area contributed by atoms with E-state index in [2.05, 4.69) is 12.2 Å². The van der Waals surface area contributed by atoms with Crippen molar-refractivity contribution in [1.29, 1.82) is 0 Å². The number of amides is 1. The highest BCUT2D eigenvalue weighted by Gasteiger charge is 2.43. The lowest BCUT2D eigenvalue weighted by Gasteiger charge is -2.34. The third-order valence-corrected chi connectivity index (χ3v) is 4.51. The van der Waals surface area contributed by atoms with Gasteiger partial charge >= 0.3 is 0 Å². The molecule has 2 fully saturated rings. The second-order valence-corrected chi connectivity index (χ2v) is 6.29. The average molecular weight is 293 g/mol. The van der Waals surface area contributed by atoms with Crippen molar-refractivity contribution in [2.45, 2.75) is 51.4 Å². The van der Waals surface area contributed by atoms with Crippen LogP contribution in [0.5, 0.6) is 0 Å². The highest BCUT2D eigenvalue weighted by atomic mass is 16.7. The second-order valence-electron chi connectivity index (χ2n) is 6.29. The van der Waals surface area contributed by atoms with Gasteiger partial charge in [0.05, 0.1) is 12.9 Å². The van der Waals surface area contributed by atoms with E-state index in [9.17, 15) is 4.79 Å². The minimum Gasteiger partial charge on any atom is -0.459 e. The van der Waals surface area contributed by atoms with Crippen molar-refractivity contribution >= 4 is 5.91 Å². The van der Waals surface area contributed by atoms with Crippen molar-refractivity contribution in [3.63, 3.8) is 0 Å². The third-order valence-electron chi connectivity index (χ3n) is 4.51. The summed E-state index contributed by atoms with van der Waals surface area (Å²) in [6.45, 7) is 5.12. The Bertz CT molecular complexity index is 502. The number of ether oxygens (including phenoxy) is 2. The number of rotatable bonds is 3. The van der Waals surface area contributed by atoms with E-state index in [1.165, 1.54) is 6.26 Å². The first-order valence-corrected chi connectivity index (χ1v) is 7.72. The van der Waals surface area contributed by atoms with E-state index in [-0.39, 0.29) is 12.0 Å². The average Bonchev–Trinajstić information content (AvgIpc) is 3.07. The largest absolute Gasteiger partial charge is 0.459 e. The van der Waals surface area contributed by atoms with Crippen molar-refractivity contribution in [3.05, 3.63) is 23.7 Å². The fraction of sp³-hybridized carbons (Fsp3) is 0.688. The smallest absolute Gasteiger partial charge is 0.287 e. The quantitative estimate of drug-likeness (QED) is 0.930. The lowest BCUT2D eigenvalue weighted by molar-refractivity contribution is -0.191. The monoisotopic (exact) mass is 293 g/mol. The molecule has 5 heteroatoms. The van der Waals surface area contributed by atoms with Crippen molar-refractivity contribution in [2.24, 2.45) is 5.92 Å². The SMILES string of the molecule is Cc1ccoc1C(=O)NC[C@H]1COC2(CCC(C)CC2)O1. The molecule has 1 spiro atoms. The van der Waals surface area contributed by atoms with Gasteiger partial charge in [-0.05, 0) is 31.7 Å². The Morgan fingerprint density at radius 1 is 1.43 bits per heavy atom. The van der Waals surface area contributed by atoms with Gasteiger partial charge in [-0.15, -0.1) is 0 Å². The first-order chi connectivity index (χ1) is 10.1. The molecule has 2 heterocycles. The van der Waals surface area contributed by atoms with Crippen LogP contribution in [0.4, 0.5) is 0 Å². The molecule has 21 heavy (non-hydrogen) atoms. The lowest BCUT2D eigenvalue weighted by Crippen LogP contribution is -2.38. The highest BCUT2D eigenvalue weighted by molar-refractivity contribution is 5.92. The van der Waals surface area contributed by atoms with Gasteiger partial charge in [-0.3, -0.25) is 4.79 Å². The van der Waals surface area contributed by atoms with Gasteiger partial charge in [-0.1, -0.05) is 6.92 Å². The molecule has 5 nitrogen and oxygen atoms in total. The van der Waals surface area contributed by atoms with Crippen LogP contribution in [0.3, 0.4) is 0 Å². The number of aryl methyl sites for hydroxylation is 1. The van der Waals surface area contributed by atoms with Gasteiger partial charge in [0.15, 0.2) is 11.5 Å². The Morgan fingerprint density at radius 3 is 2.86 bits per heavy atom. The molecule has 0 unspecified atom stereocenters. The summed E-state index contributed by atoms with van der Waals surface area (Å²) in [5, 5.41) is 2.86. The minimum atomic E-state index is -0.400. The number of nitrogens with one attached hydrogen (secondary N) is 1. The van der Waals surface area contributed by atoms with Crippen LogP contribution in [0.1, 0.15) is 48.7 Å². The number of carbonyl (C=O) groups is 1. The number of hydrogen-bond donors (Lipinski definition) is 1. The Kier molecular flexibility index (Phi) is 4.04. The van der Waals surface area contributed by atoms with Gasteiger partial charge in [0, 0.05) is 24.9 Å². The third kappa shape index (κ3) is 3.14. The summed E-state index contributed by atoms with van der Waals surface area (Å²) in [7, 11) is 0. The molecule has 1 aromatic rings. The molecule has 1 saturated carbocycles. The van der Waals surface area contributed by atoms with Crippen LogP contribution < -0.4 is 5.32 Å². The maximum Gasteiger partial charge on any atom is 0.287 e. The van der Waals surface area contributed by atoms with Crippen molar-refractivity contribution < 1.29 is 18.7 Å². The highest BCUT2D eigenvalue weighted by Crippen LogP contribution is 2.39. The van der Waals surface area contributed by atoms with Crippen molar-refractivity contribution in [2.75, 3.05) is 13.2 Å². The molecule has 0 radical (unpaired) electrons. The molecule has 1 N–H and O–H groups in total. The fourth-order valence-corrected chi connectivity index (χ4v) is 3.07. The van der Waals surface area contributed by atoms with Crippen LogP contribution in [0, 0.1) is 12.8 Å². The van der Waals surface area contributed by atoms with E-state index >= 15 is 0 Å². The summed E-state index contributed by atoms with van der Waals surface area (Å²) in [5.41, 5.74) is 0.842. The molecule has 1 aliphatic heterocycles. The predicted molar refractivity (Wildman–Crippen MR) is 77.0 cm³/mol. The van der Waals surface area contributed by atoms with E-state index in [0.717, 1.165) is 37.2 Å². The number of hydrogen-bond acceptors (Lipinski definition) is 4. The van der Waals surface area contributed by atoms with Gasteiger partial charge in [-0.25, -0.2) is 0 Å². The molecule has 3 rings (SSSR count). The lowest BCUT2D eigenvalue weighted by atomic mass is 9.86. The summed E-state index contributed by atoms with van der Waals surface area (Å²) >= 11 is 0. The predicted octanol–water partition coefficient (Wildman–Crippen LogP) is 2.64. The summed E-state index contributed by atoms with van der Waals surface area (Å²) in [4.78, 5) is 12.0. The molecule has 1 aliphatic carbocycles. The second kappa shape index (κ2) is 5.81. The first kappa shape index (κ1) is 14.6. The van der Waals surface area contributed by atoms with Gasteiger partial charge in [0.2, 0.25) is 0 Å². The molecule has 1 aromatic heterocycles. The van der Waals surface area contributed by atoms with E-state index < -0.39 is 5.79 Å². The van der Waals surface area contributed by atoms with Crippen LogP contribution >= 0.6 is 0 Å². The topological polar surface area (TPSA) is 60.7 Å². The molecule has 116 valence electrons. The molecule has 1 saturated heterocycles. The zero-order valence-corrected chi connectivity index (χ0v) is 12.7. The summed E-state index contributed by atoms with van der Waals surface area (Å²) < 4.78 is 17.1. The Balaban J connectivity index is 1.49. The van der Waals surface area contributed by atoms with Gasteiger partial charge < -0.3 is 19.2 Å². The van der Waals surface area contributed by atoms with Crippen LogP contribution in [-0.4, -0.2) is 30.9 Å². The first-order valence-electron chi connectivity index (χ1n) is 7.72. The normalized spacial score (nSPS) is 32.5. The Labute approximate surface area is 125 Å². The maximum absolute atomic E-state index is 12.0. The van der Waals surface area contributed by atoms with E-state index in [4.69, 9.17) is 13.9 Å². The van der Waals surface area contributed by atoms with Gasteiger partial charge in [-0.2, -0.15) is 0 Å². The molecular formula is C16H23NO4. The maximum atomic E-state index is 12.0. The molecule has 1 amide bonds. The van der Waals surface area contributed by atoms with Crippen LogP contribution in [-0.2, 0) is 9.47 Å². The summed E-state index contributed by atoms with van der Waals surface area (Å²) in [6, 6.07) is 1.78. The van der Waals surface area contributed by atoms with E-state index in [1.54, 1.807) is 6.07 Å². The van der Waals surface area contributed by atoms with Crippen molar-refractivity contribution in [3.8, 4) is 0 Å². The van der Waals surface area contributed by atoms with E-state index in [1.807, 2.05) is 6.92 Å². The molecule has 2 aliphatic rings. The fourth-order valence-electron chi connectivity index (χ4n) is 3.07. The standard InChI is InChI=1S/C16H23NO4/c1-11-3-6-16(7-4-11)20-10-13(21-16)9-17-15(18)14-12(2)5-8-19-14/h5,8,11,13H,3-4,6-7,9-10H2,1-2H3,(H,17,18)/t11?,13-,16?/m0/s1. The summed E-state index contributed by atoms with van der Waals surface area (Å²) in [5.74, 6) is 0.528. The summed E-state index contributed by atoms with van der Waals surface area (Å²) in [6.07, 6.45) is 5.65. The molecular weight excluding hydrogens is 270 g/mol. The Morgan fingerprint density at radius 2 is 2.19 bits per heavy atom. The van der Waals surface area contributed by atoms with Crippen LogP contribution in [0.25, 0.3) is 0 Å². The molecule has 1 atom stereocenters. The zero-order valence-electron chi connectivity index (χ0n) is 12.7.